The zero-order chi connectivity index (χ0) is 5.28. The molecule has 0 aromatic carbocycles. The van der Waals surface area contributed by atoms with E-state index in [2.05, 4.69) is 17.1 Å². The molecule has 36 valence electrons. The van der Waals surface area contributed by atoms with Gasteiger partial charge in [-0.05, 0) is 0 Å². The molecular formula is C5H6N2. The number of nitrogens with one attached hydrogen (secondary N) is 1. The largest absolute Gasteiger partial charge is 0.283 e. The summed E-state index contributed by atoms with van der Waals surface area (Å²) in [6.07, 6.45) is 0.694. The average molecular weight is 94.1 g/mol. The molecule has 2 nitrogen and oxygen atoms in total. The van der Waals surface area contributed by atoms with E-state index in [0.717, 1.165) is 5.70 Å². The van der Waals surface area contributed by atoms with Gasteiger partial charge in [0.05, 0.1) is 0 Å². The summed E-state index contributed by atoms with van der Waals surface area (Å²) in [4.78, 5) is 0. The van der Waals surface area contributed by atoms with Gasteiger partial charge in [-0.25, -0.2) is 0 Å². The lowest BCUT2D eigenvalue weighted by Gasteiger charge is -1.85. The number of nitrogens with zero attached hydrogens (tertiary/aromatic N) is 1. The van der Waals surface area contributed by atoms with Crippen molar-refractivity contribution >= 4 is 5.71 Å². The van der Waals surface area contributed by atoms with Crippen LogP contribution in [0, 0.1) is 6.92 Å². The lowest BCUT2D eigenvalue weighted by Crippen LogP contribution is -1.92. The predicted octanol–water partition coefficient (Wildman–Crippen LogP) is 0.560. The van der Waals surface area contributed by atoms with Crippen LogP contribution in [-0.4, -0.2) is 5.71 Å². The van der Waals surface area contributed by atoms with Crippen molar-refractivity contribution in [3.05, 3.63) is 19.2 Å². The molecule has 1 heterocycles. The molecule has 1 aliphatic heterocycles. The lowest BCUT2D eigenvalue weighted by molar-refractivity contribution is 0.931. The third-order valence-corrected chi connectivity index (χ3v) is 0.752. The van der Waals surface area contributed by atoms with Crippen LogP contribution in [0.2, 0.25) is 0 Å². The van der Waals surface area contributed by atoms with E-state index in [1.165, 1.54) is 0 Å². The third-order valence-electron chi connectivity index (χ3n) is 0.752. The van der Waals surface area contributed by atoms with Gasteiger partial charge in [-0.3, -0.25) is 5.43 Å². The molecule has 7 heavy (non-hydrogen) atoms. The van der Waals surface area contributed by atoms with Crippen molar-refractivity contribution in [2.24, 2.45) is 5.10 Å². The van der Waals surface area contributed by atoms with Gasteiger partial charge >= 0.3 is 0 Å². The first-order valence-electron chi connectivity index (χ1n) is 2.05. The molecule has 2 radical (unpaired) electrons. The topological polar surface area (TPSA) is 24.4 Å². The first-order chi connectivity index (χ1) is 3.29. The molecule has 0 fully saturated rings. The molecule has 0 saturated carbocycles. The van der Waals surface area contributed by atoms with Gasteiger partial charge in [0.2, 0.25) is 0 Å². The van der Waals surface area contributed by atoms with E-state index in [4.69, 9.17) is 6.92 Å². The van der Waals surface area contributed by atoms with Crippen molar-refractivity contribution in [2.45, 2.75) is 6.42 Å². The lowest BCUT2D eigenvalue weighted by atomic mass is 10.3. The summed E-state index contributed by atoms with van der Waals surface area (Å²) in [5, 5.41) is 3.66. The highest BCUT2D eigenvalue weighted by atomic mass is 15.3. The molecule has 0 aromatic heterocycles. The van der Waals surface area contributed by atoms with Crippen LogP contribution >= 0.6 is 0 Å². The van der Waals surface area contributed by atoms with Gasteiger partial charge in [0.25, 0.3) is 0 Å². The smallest absolute Gasteiger partial charge is 0.0485 e. The second-order valence-corrected chi connectivity index (χ2v) is 1.50. The molecule has 0 aliphatic carbocycles. The monoisotopic (exact) mass is 94.1 g/mol. The average Bonchev–Trinajstić information content (AvgIpc) is 1.87. The Morgan fingerprint density at radius 3 is 2.71 bits per heavy atom. The van der Waals surface area contributed by atoms with E-state index >= 15 is 0 Å². The van der Waals surface area contributed by atoms with Crippen molar-refractivity contribution in [1.29, 1.82) is 0 Å². The molecule has 0 bridgehead atoms. The first kappa shape index (κ1) is 4.37. The van der Waals surface area contributed by atoms with Crippen LogP contribution in [0.4, 0.5) is 0 Å². The number of hydrogen-bond acceptors (Lipinski definition) is 2. The fourth-order valence-electron chi connectivity index (χ4n) is 0.449. The molecule has 2 heteroatoms. The highest BCUT2D eigenvalue weighted by Crippen LogP contribution is 2.01. The standard InChI is InChI=1S/C5H6N2/c1-4-3-5(2)7-6-4/h1,7H,2-3H2. The summed E-state index contributed by atoms with van der Waals surface area (Å²) in [7, 11) is 0. The van der Waals surface area contributed by atoms with Crippen molar-refractivity contribution < 1.29 is 0 Å². The molecule has 0 atom stereocenters. The first-order valence-corrected chi connectivity index (χ1v) is 2.05. The molecule has 0 saturated heterocycles. The minimum Gasteiger partial charge on any atom is -0.283 e. The third kappa shape index (κ3) is 0.796. The van der Waals surface area contributed by atoms with Gasteiger partial charge in [0, 0.05) is 24.8 Å². The van der Waals surface area contributed by atoms with Crippen LogP contribution in [0.15, 0.2) is 17.4 Å². The summed E-state index contributed by atoms with van der Waals surface area (Å²) in [5.74, 6) is 0. The summed E-state index contributed by atoms with van der Waals surface area (Å²) in [6, 6.07) is 0. The van der Waals surface area contributed by atoms with Crippen LogP contribution in [-0.2, 0) is 0 Å². The molecule has 0 unspecified atom stereocenters. The van der Waals surface area contributed by atoms with Gasteiger partial charge in [-0.1, -0.05) is 6.58 Å². The Morgan fingerprint density at radius 1 is 1.86 bits per heavy atom. The van der Waals surface area contributed by atoms with Crippen molar-refractivity contribution in [1.82, 2.24) is 5.43 Å². The van der Waals surface area contributed by atoms with Gasteiger partial charge in [-0.15, -0.1) is 0 Å². The van der Waals surface area contributed by atoms with Crippen molar-refractivity contribution in [2.75, 3.05) is 0 Å². The molecule has 0 aromatic rings. The molecular weight excluding hydrogens is 88.1 g/mol. The molecule has 0 amide bonds. The van der Waals surface area contributed by atoms with E-state index in [9.17, 15) is 0 Å². The van der Waals surface area contributed by atoms with E-state index in [1.54, 1.807) is 0 Å². The Labute approximate surface area is 42.9 Å². The van der Waals surface area contributed by atoms with Crippen LogP contribution < -0.4 is 5.43 Å². The summed E-state index contributed by atoms with van der Waals surface area (Å²) < 4.78 is 0. The number of rotatable bonds is 0. The quantitative estimate of drug-likeness (QED) is 0.466. The van der Waals surface area contributed by atoms with Crippen LogP contribution in [0.5, 0.6) is 0 Å². The number of hydrogen-bond donors (Lipinski definition) is 1. The Bertz CT molecular complexity index is 124. The maximum absolute atomic E-state index is 5.25. The Balaban J connectivity index is 2.58. The van der Waals surface area contributed by atoms with Crippen LogP contribution in [0.25, 0.3) is 0 Å². The second-order valence-electron chi connectivity index (χ2n) is 1.50. The summed E-state index contributed by atoms with van der Waals surface area (Å²) in [6.45, 7) is 8.85. The van der Waals surface area contributed by atoms with Gasteiger partial charge < -0.3 is 0 Å². The number of hydrazone groups is 1. The normalized spacial score (nSPS) is 19.0. The Morgan fingerprint density at radius 2 is 2.57 bits per heavy atom. The van der Waals surface area contributed by atoms with Gasteiger partial charge in [0.15, 0.2) is 0 Å². The zero-order valence-electron chi connectivity index (χ0n) is 3.94. The SMILES string of the molecule is [CH]C1=NNC(=C)C1. The summed E-state index contributed by atoms with van der Waals surface area (Å²) >= 11 is 0. The maximum atomic E-state index is 5.25. The fourth-order valence-corrected chi connectivity index (χ4v) is 0.449. The van der Waals surface area contributed by atoms with E-state index in [0.29, 0.717) is 12.1 Å². The van der Waals surface area contributed by atoms with Gasteiger partial charge in [0.1, 0.15) is 0 Å². The minimum atomic E-state index is 0.616. The van der Waals surface area contributed by atoms with E-state index < -0.39 is 0 Å². The maximum Gasteiger partial charge on any atom is 0.0485 e. The number of allylic oxidation sites excluding steroid dienone is 1. The highest BCUT2D eigenvalue weighted by Gasteiger charge is 2.01. The highest BCUT2D eigenvalue weighted by molar-refractivity contribution is 5.91. The minimum absolute atomic E-state index is 0.616. The van der Waals surface area contributed by atoms with Crippen LogP contribution in [0.1, 0.15) is 6.42 Å². The Kier molecular flexibility index (Phi) is 0.855. The summed E-state index contributed by atoms with van der Waals surface area (Å²) in [5.41, 5.74) is 4.13. The molecule has 1 rings (SSSR count). The second kappa shape index (κ2) is 1.37. The molecule has 1 aliphatic rings. The van der Waals surface area contributed by atoms with Crippen molar-refractivity contribution in [3.8, 4) is 0 Å². The molecule has 1 N–H and O–H groups in total. The Hall–Kier alpha value is -0.790. The van der Waals surface area contributed by atoms with E-state index in [-0.39, 0.29) is 0 Å². The molecule has 0 spiro atoms. The zero-order valence-corrected chi connectivity index (χ0v) is 3.94. The van der Waals surface area contributed by atoms with Crippen molar-refractivity contribution in [3.63, 3.8) is 0 Å². The predicted molar refractivity (Wildman–Crippen MR) is 28.6 cm³/mol. The van der Waals surface area contributed by atoms with Gasteiger partial charge in [-0.2, -0.15) is 5.10 Å². The van der Waals surface area contributed by atoms with E-state index in [1.807, 2.05) is 0 Å². The van der Waals surface area contributed by atoms with Crippen LogP contribution in [0.3, 0.4) is 0 Å². The fraction of sp³-hybridized carbons (Fsp3) is 0.200.